The van der Waals surface area contributed by atoms with Crippen molar-refractivity contribution in [1.29, 1.82) is 0 Å². The number of ketones is 1. The number of nitrogens with two attached hydrogens (primary N) is 1. The Balaban J connectivity index is 3.27. The Bertz CT molecular complexity index is 388. The Morgan fingerprint density at radius 1 is 1.47 bits per heavy atom. The van der Waals surface area contributed by atoms with Gasteiger partial charge in [-0.05, 0) is 32.9 Å². The molecular weight excluding hydrogens is 258 g/mol. The lowest BCUT2D eigenvalue weighted by molar-refractivity contribution is 0.101. The van der Waals surface area contributed by atoms with Crippen molar-refractivity contribution in [3.05, 3.63) is 22.2 Å². The number of rotatable bonds is 3. The third-order valence-corrected chi connectivity index (χ3v) is 2.27. The van der Waals surface area contributed by atoms with Crippen LogP contribution in [0.4, 0.5) is 5.69 Å². The summed E-state index contributed by atoms with van der Waals surface area (Å²) in [7, 11) is 0. The minimum Gasteiger partial charge on any atom is -0.488 e. The predicted octanol–water partition coefficient (Wildman–Crippen LogP) is 3.02. The first-order valence-corrected chi connectivity index (χ1v) is 5.47. The van der Waals surface area contributed by atoms with E-state index in [1.165, 1.54) is 6.92 Å². The molecule has 1 aromatic rings. The molecule has 0 radical (unpaired) electrons. The summed E-state index contributed by atoms with van der Waals surface area (Å²) in [5.41, 5.74) is 6.79. The van der Waals surface area contributed by atoms with Crippen LogP contribution < -0.4 is 10.5 Å². The van der Waals surface area contributed by atoms with Gasteiger partial charge in [-0.2, -0.15) is 0 Å². The molecule has 0 aliphatic heterocycles. The summed E-state index contributed by atoms with van der Waals surface area (Å²) >= 11 is 3.29. The molecule has 0 atom stereocenters. The molecule has 0 heterocycles. The highest BCUT2D eigenvalue weighted by atomic mass is 79.9. The molecule has 15 heavy (non-hydrogen) atoms. The number of Topliss-reactive ketones (excluding diaryl/α,β-unsaturated/α-hetero) is 1. The normalized spacial score (nSPS) is 10.5. The fourth-order valence-electron chi connectivity index (χ4n) is 1.24. The third-order valence-electron chi connectivity index (χ3n) is 1.82. The van der Waals surface area contributed by atoms with Gasteiger partial charge in [0.2, 0.25) is 0 Å². The molecule has 4 heteroatoms. The van der Waals surface area contributed by atoms with E-state index in [4.69, 9.17) is 10.5 Å². The van der Waals surface area contributed by atoms with Crippen molar-refractivity contribution in [3.63, 3.8) is 0 Å². The largest absolute Gasteiger partial charge is 0.488 e. The molecule has 0 aromatic heterocycles. The van der Waals surface area contributed by atoms with E-state index in [2.05, 4.69) is 15.9 Å². The van der Waals surface area contributed by atoms with Crippen molar-refractivity contribution in [2.75, 3.05) is 5.73 Å². The maximum Gasteiger partial charge on any atom is 0.163 e. The second-order valence-electron chi connectivity index (χ2n) is 3.59. The zero-order valence-corrected chi connectivity index (χ0v) is 10.6. The van der Waals surface area contributed by atoms with Crippen molar-refractivity contribution in [2.45, 2.75) is 26.9 Å². The number of carbonyl (C=O) groups excluding carboxylic acids is 1. The van der Waals surface area contributed by atoms with E-state index < -0.39 is 0 Å². The van der Waals surface area contributed by atoms with Crippen molar-refractivity contribution >= 4 is 27.4 Å². The molecule has 0 bridgehead atoms. The predicted molar refractivity (Wildman–Crippen MR) is 64.3 cm³/mol. The van der Waals surface area contributed by atoms with E-state index >= 15 is 0 Å². The summed E-state index contributed by atoms with van der Waals surface area (Å²) in [5, 5.41) is 0. The summed E-state index contributed by atoms with van der Waals surface area (Å²) in [5.74, 6) is 0.416. The standard InChI is InChI=1S/C11H14BrNO2/c1-6(2)15-11-9(7(3)14)4-8(12)5-10(11)13/h4-6H,13H2,1-3H3. The van der Waals surface area contributed by atoms with E-state index in [-0.39, 0.29) is 11.9 Å². The minimum absolute atomic E-state index is 0.00780. The van der Waals surface area contributed by atoms with Gasteiger partial charge in [-0.3, -0.25) is 4.79 Å². The number of anilines is 1. The summed E-state index contributed by atoms with van der Waals surface area (Å²) in [6.07, 6.45) is -0.00780. The van der Waals surface area contributed by atoms with Gasteiger partial charge in [-0.1, -0.05) is 15.9 Å². The first-order chi connectivity index (χ1) is 6.91. The van der Waals surface area contributed by atoms with Crippen molar-refractivity contribution < 1.29 is 9.53 Å². The Labute approximate surface area is 97.7 Å². The Kier molecular flexibility index (Phi) is 3.74. The molecule has 0 unspecified atom stereocenters. The number of ether oxygens (including phenoxy) is 1. The van der Waals surface area contributed by atoms with Crippen molar-refractivity contribution in [2.24, 2.45) is 0 Å². The van der Waals surface area contributed by atoms with E-state index in [0.29, 0.717) is 17.0 Å². The topological polar surface area (TPSA) is 52.3 Å². The van der Waals surface area contributed by atoms with Crippen molar-refractivity contribution in [3.8, 4) is 5.75 Å². The average Bonchev–Trinajstić information content (AvgIpc) is 2.08. The number of benzene rings is 1. The average molecular weight is 272 g/mol. The van der Waals surface area contributed by atoms with Crippen LogP contribution in [0.5, 0.6) is 5.75 Å². The molecule has 0 aliphatic rings. The highest BCUT2D eigenvalue weighted by molar-refractivity contribution is 9.10. The monoisotopic (exact) mass is 271 g/mol. The Morgan fingerprint density at radius 3 is 2.53 bits per heavy atom. The first-order valence-electron chi connectivity index (χ1n) is 4.68. The van der Waals surface area contributed by atoms with Crippen LogP contribution in [0, 0.1) is 0 Å². The summed E-state index contributed by atoms with van der Waals surface area (Å²) < 4.78 is 6.30. The summed E-state index contributed by atoms with van der Waals surface area (Å²) in [6.45, 7) is 5.28. The van der Waals surface area contributed by atoms with E-state index in [1.807, 2.05) is 13.8 Å². The van der Waals surface area contributed by atoms with Gasteiger partial charge in [-0.25, -0.2) is 0 Å². The number of nitrogen functional groups attached to an aromatic ring is 1. The number of hydrogen-bond acceptors (Lipinski definition) is 3. The molecule has 0 saturated heterocycles. The van der Waals surface area contributed by atoms with Crippen LogP contribution in [0.1, 0.15) is 31.1 Å². The molecule has 0 fully saturated rings. The van der Waals surface area contributed by atoms with Crippen LogP contribution in [0.2, 0.25) is 0 Å². The number of hydrogen-bond donors (Lipinski definition) is 1. The highest BCUT2D eigenvalue weighted by Gasteiger charge is 2.14. The van der Waals surface area contributed by atoms with Crippen LogP contribution in [-0.4, -0.2) is 11.9 Å². The van der Waals surface area contributed by atoms with E-state index in [0.717, 1.165) is 4.47 Å². The van der Waals surface area contributed by atoms with Crippen molar-refractivity contribution in [1.82, 2.24) is 0 Å². The molecule has 0 saturated carbocycles. The minimum atomic E-state index is -0.0568. The lowest BCUT2D eigenvalue weighted by atomic mass is 10.1. The molecule has 1 aromatic carbocycles. The summed E-state index contributed by atoms with van der Waals surface area (Å²) in [6, 6.07) is 3.44. The molecule has 0 amide bonds. The maximum atomic E-state index is 11.4. The van der Waals surface area contributed by atoms with Gasteiger partial charge in [0.05, 0.1) is 17.4 Å². The lowest BCUT2D eigenvalue weighted by Gasteiger charge is -2.15. The van der Waals surface area contributed by atoms with Gasteiger partial charge < -0.3 is 10.5 Å². The zero-order chi connectivity index (χ0) is 11.6. The van der Waals surface area contributed by atoms with Gasteiger partial charge in [0.1, 0.15) is 0 Å². The molecule has 0 spiro atoms. The third kappa shape index (κ3) is 2.96. The Hall–Kier alpha value is -1.03. The van der Waals surface area contributed by atoms with E-state index in [1.54, 1.807) is 12.1 Å². The van der Waals surface area contributed by atoms with Gasteiger partial charge in [-0.15, -0.1) is 0 Å². The zero-order valence-electron chi connectivity index (χ0n) is 9.00. The maximum absolute atomic E-state index is 11.4. The number of halogens is 1. The van der Waals surface area contributed by atoms with Crippen LogP contribution in [-0.2, 0) is 0 Å². The first kappa shape index (κ1) is 12.0. The van der Waals surface area contributed by atoms with Gasteiger partial charge >= 0.3 is 0 Å². The second kappa shape index (κ2) is 4.66. The van der Waals surface area contributed by atoms with Crippen LogP contribution >= 0.6 is 15.9 Å². The molecule has 82 valence electrons. The van der Waals surface area contributed by atoms with Crippen LogP contribution in [0.25, 0.3) is 0 Å². The quantitative estimate of drug-likeness (QED) is 0.679. The molecule has 1 rings (SSSR count). The van der Waals surface area contributed by atoms with E-state index in [9.17, 15) is 4.79 Å². The molecular formula is C11H14BrNO2. The lowest BCUT2D eigenvalue weighted by Crippen LogP contribution is -2.11. The second-order valence-corrected chi connectivity index (χ2v) is 4.51. The highest BCUT2D eigenvalue weighted by Crippen LogP contribution is 2.31. The fraction of sp³-hybridized carbons (Fsp3) is 0.364. The van der Waals surface area contributed by atoms with Crippen LogP contribution in [0.3, 0.4) is 0 Å². The molecule has 3 nitrogen and oxygen atoms in total. The number of carbonyl (C=O) groups is 1. The Morgan fingerprint density at radius 2 is 2.07 bits per heavy atom. The van der Waals surface area contributed by atoms with Gasteiger partial charge in [0.15, 0.2) is 11.5 Å². The van der Waals surface area contributed by atoms with Crippen LogP contribution in [0.15, 0.2) is 16.6 Å². The fourth-order valence-corrected chi connectivity index (χ4v) is 1.72. The van der Waals surface area contributed by atoms with Gasteiger partial charge in [0, 0.05) is 4.47 Å². The smallest absolute Gasteiger partial charge is 0.163 e. The van der Waals surface area contributed by atoms with Gasteiger partial charge in [0.25, 0.3) is 0 Å². The molecule has 0 aliphatic carbocycles. The summed E-state index contributed by atoms with van der Waals surface area (Å²) in [4.78, 5) is 11.4. The molecule has 2 N–H and O–H groups in total. The SMILES string of the molecule is CC(=O)c1cc(Br)cc(N)c1OC(C)C.